The average molecular weight is 519 g/mol. The number of hydrogen-bond acceptors (Lipinski definition) is 6. The van der Waals surface area contributed by atoms with Gasteiger partial charge in [-0.3, -0.25) is 14.5 Å². The van der Waals surface area contributed by atoms with Gasteiger partial charge in [0.05, 0.1) is 5.69 Å². The maximum atomic E-state index is 13.0. The molecule has 192 valence electrons. The van der Waals surface area contributed by atoms with Crippen molar-refractivity contribution in [1.29, 1.82) is 0 Å². The first kappa shape index (κ1) is 25.0. The summed E-state index contributed by atoms with van der Waals surface area (Å²) in [5, 5.41) is 8.29. The number of hydrogen-bond donors (Lipinski definition) is 2. The smallest absolute Gasteiger partial charge is 0.410 e. The van der Waals surface area contributed by atoms with Gasteiger partial charge in [-0.2, -0.15) is 0 Å². The zero-order chi connectivity index (χ0) is 25.6. The summed E-state index contributed by atoms with van der Waals surface area (Å²) in [5.74, 6) is -0.318. The van der Waals surface area contributed by atoms with E-state index in [9.17, 15) is 14.4 Å². The summed E-state index contributed by atoms with van der Waals surface area (Å²) in [6, 6.07) is 16.5. The lowest BCUT2D eigenvalue weighted by molar-refractivity contribution is -0.120. The summed E-state index contributed by atoms with van der Waals surface area (Å²) in [5.41, 5.74) is 3.10. The normalized spacial score (nSPS) is 17.5. The van der Waals surface area contributed by atoms with Crippen LogP contribution in [0.3, 0.4) is 0 Å². The van der Waals surface area contributed by atoms with Crippen LogP contribution in [-0.4, -0.2) is 46.4 Å². The number of likely N-dealkylation sites (tertiary alicyclic amines) is 1. The lowest BCUT2D eigenvalue weighted by Crippen LogP contribution is -2.43. The van der Waals surface area contributed by atoms with Crippen LogP contribution >= 0.6 is 11.3 Å². The Labute approximate surface area is 220 Å². The van der Waals surface area contributed by atoms with Gasteiger partial charge in [0.2, 0.25) is 5.91 Å². The lowest BCUT2D eigenvalue weighted by atomic mass is 10.1. The van der Waals surface area contributed by atoms with Gasteiger partial charge in [0.1, 0.15) is 12.6 Å². The molecule has 5 rings (SSSR count). The first-order valence-corrected chi connectivity index (χ1v) is 13.6. The third-order valence-electron chi connectivity index (χ3n) is 6.86. The van der Waals surface area contributed by atoms with Gasteiger partial charge in [0.25, 0.3) is 5.91 Å². The van der Waals surface area contributed by atoms with Crippen molar-refractivity contribution in [2.24, 2.45) is 0 Å². The fraction of sp³-hybridized carbons (Fsp3) is 0.357. The second-order valence-electron chi connectivity index (χ2n) is 9.45. The Bertz CT molecular complexity index is 1240. The van der Waals surface area contributed by atoms with E-state index in [0.717, 1.165) is 30.4 Å². The van der Waals surface area contributed by atoms with Crippen LogP contribution in [0.2, 0.25) is 0 Å². The van der Waals surface area contributed by atoms with Crippen LogP contribution < -0.4 is 10.6 Å². The molecule has 2 heterocycles. The highest BCUT2D eigenvalue weighted by Crippen LogP contribution is 2.27. The standard InChI is InChI=1S/C28H30N4O4S/c33-25(29-22-9-4-5-10-22)21-14-12-20(13-15-21)23-18-37-27(30-23)31-26(34)24-11-6-16-32(24)28(35)36-17-19-7-2-1-3-8-19/h1-3,7-8,12-15,18,22,24H,4-6,9-11,16-17H2,(H,29,33)(H,30,31,34). The Morgan fingerprint density at radius 2 is 1.73 bits per heavy atom. The summed E-state index contributed by atoms with van der Waals surface area (Å²) in [6.07, 6.45) is 5.26. The summed E-state index contributed by atoms with van der Waals surface area (Å²) in [7, 11) is 0. The number of carbonyl (C=O) groups excluding carboxylic acids is 3. The van der Waals surface area contributed by atoms with E-state index < -0.39 is 12.1 Å². The molecule has 2 aromatic carbocycles. The molecule has 0 bridgehead atoms. The van der Waals surface area contributed by atoms with Crippen LogP contribution in [-0.2, 0) is 16.1 Å². The van der Waals surface area contributed by atoms with E-state index in [4.69, 9.17) is 4.74 Å². The third kappa shape index (κ3) is 6.17. The van der Waals surface area contributed by atoms with Gasteiger partial charge in [-0.25, -0.2) is 9.78 Å². The number of nitrogens with one attached hydrogen (secondary N) is 2. The van der Waals surface area contributed by atoms with Crippen LogP contribution in [0.1, 0.15) is 54.4 Å². The van der Waals surface area contributed by atoms with Crippen molar-refractivity contribution in [2.75, 3.05) is 11.9 Å². The Morgan fingerprint density at radius 1 is 0.973 bits per heavy atom. The minimum Gasteiger partial charge on any atom is -0.445 e. The zero-order valence-electron chi connectivity index (χ0n) is 20.5. The summed E-state index contributed by atoms with van der Waals surface area (Å²) < 4.78 is 5.43. The van der Waals surface area contributed by atoms with Gasteiger partial charge >= 0.3 is 6.09 Å². The largest absolute Gasteiger partial charge is 0.445 e. The third-order valence-corrected chi connectivity index (χ3v) is 7.62. The van der Waals surface area contributed by atoms with Gasteiger partial charge < -0.3 is 15.4 Å². The SMILES string of the molecule is O=C(NC1CCCC1)c1ccc(-c2csc(NC(=O)C3CCCN3C(=O)OCc3ccccc3)n2)cc1. The van der Waals surface area contributed by atoms with E-state index in [-0.39, 0.29) is 24.5 Å². The van der Waals surface area contributed by atoms with E-state index in [1.807, 2.05) is 47.8 Å². The topological polar surface area (TPSA) is 101 Å². The lowest BCUT2D eigenvalue weighted by Gasteiger charge is -2.22. The molecule has 1 aliphatic carbocycles. The predicted molar refractivity (Wildman–Crippen MR) is 142 cm³/mol. The molecule has 2 fully saturated rings. The molecule has 2 N–H and O–H groups in total. The molecule has 1 unspecified atom stereocenters. The molecule has 3 aromatic rings. The molecule has 1 saturated carbocycles. The second-order valence-corrected chi connectivity index (χ2v) is 10.3. The monoisotopic (exact) mass is 518 g/mol. The second kappa shape index (κ2) is 11.6. The highest BCUT2D eigenvalue weighted by Gasteiger charge is 2.35. The first-order valence-electron chi connectivity index (χ1n) is 12.7. The molecular weight excluding hydrogens is 488 g/mol. The van der Waals surface area contributed by atoms with Gasteiger partial charge in [0.15, 0.2) is 5.13 Å². The molecule has 8 nitrogen and oxygen atoms in total. The van der Waals surface area contributed by atoms with Gasteiger partial charge in [-0.1, -0.05) is 55.3 Å². The van der Waals surface area contributed by atoms with Crippen molar-refractivity contribution < 1.29 is 19.1 Å². The van der Waals surface area contributed by atoms with Crippen molar-refractivity contribution in [3.05, 3.63) is 71.1 Å². The molecule has 0 radical (unpaired) electrons. The fourth-order valence-electron chi connectivity index (χ4n) is 4.84. The Morgan fingerprint density at radius 3 is 2.49 bits per heavy atom. The number of aromatic nitrogens is 1. The molecule has 37 heavy (non-hydrogen) atoms. The van der Waals surface area contributed by atoms with E-state index in [2.05, 4.69) is 15.6 Å². The fourth-order valence-corrected chi connectivity index (χ4v) is 5.57. The molecule has 9 heteroatoms. The number of carbonyl (C=O) groups is 3. The number of nitrogens with zero attached hydrogens (tertiary/aromatic N) is 2. The highest BCUT2D eigenvalue weighted by atomic mass is 32.1. The van der Waals surface area contributed by atoms with Crippen molar-refractivity contribution in [2.45, 2.75) is 57.2 Å². The van der Waals surface area contributed by atoms with Gasteiger partial charge in [-0.15, -0.1) is 11.3 Å². The molecule has 1 saturated heterocycles. The summed E-state index contributed by atoms with van der Waals surface area (Å²) >= 11 is 1.32. The number of benzene rings is 2. The number of anilines is 1. The van der Waals surface area contributed by atoms with E-state index in [0.29, 0.717) is 29.4 Å². The summed E-state index contributed by atoms with van der Waals surface area (Å²) in [4.78, 5) is 44.1. The molecule has 1 atom stereocenters. The maximum Gasteiger partial charge on any atom is 0.410 e. The molecule has 1 aliphatic heterocycles. The number of rotatable bonds is 7. The van der Waals surface area contributed by atoms with Crippen LogP contribution in [0.5, 0.6) is 0 Å². The quantitative estimate of drug-likeness (QED) is 0.447. The van der Waals surface area contributed by atoms with Crippen molar-refractivity contribution in [3.63, 3.8) is 0 Å². The molecule has 1 aromatic heterocycles. The van der Waals surface area contributed by atoms with Gasteiger partial charge in [0, 0.05) is 29.1 Å². The number of thiazole rings is 1. The molecule has 2 aliphatic rings. The zero-order valence-corrected chi connectivity index (χ0v) is 21.3. The van der Waals surface area contributed by atoms with Crippen LogP contribution in [0.15, 0.2) is 60.0 Å². The molecule has 0 spiro atoms. The van der Waals surface area contributed by atoms with Crippen molar-refractivity contribution in [3.8, 4) is 11.3 Å². The van der Waals surface area contributed by atoms with E-state index >= 15 is 0 Å². The van der Waals surface area contributed by atoms with Crippen molar-refractivity contribution in [1.82, 2.24) is 15.2 Å². The van der Waals surface area contributed by atoms with Crippen LogP contribution in [0.25, 0.3) is 11.3 Å². The number of ether oxygens (including phenoxy) is 1. The highest BCUT2D eigenvalue weighted by molar-refractivity contribution is 7.14. The minimum atomic E-state index is -0.590. The van der Waals surface area contributed by atoms with E-state index in [1.54, 1.807) is 12.1 Å². The van der Waals surface area contributed by atoms with Crippen LogP contribution in [0, 0.1) is 0 Å². The Hall–Kier alpha value is -3.72. The van der Waals surface area contributed by atoms with E-state index in [1.165, 1.54) is 29.1 Å². The van der Waals surface area contributed by atoms with Crippen LogP contribution in [0.4, 0.5) is 9.93 Å². The maximum absolute atomic E-state index is 13.0. The van der Waals surface area contributed by atoms with Gasteiger partial charge in [-0.05, 0) is 43.4 Å². The van der Waals surface area contributed by atoms with Crippen molar-refractivity contribution >= 4 is 34.4 Å². The first-order chi connectivity index (χ1) is 18.1. The molecule has 3 amide bonds. The summed E-state index contributed by atoms with van der Waals surface area (Å²) in [6.45, 7) is 0.650. The average Bonchev–Trinajstić information content (AvgIpc) is 3.70. The number of amides is 3. The molecular formula is C28H30N4O4S. The Kier molecular flexibility index (Phi) is 7.79. The predicted octanol–water partition coefficient (Wildman–Crippen LogP) is 5.22. The minimum absolute atomic E-state index is 0.0481. The Balaban J connectivity index is 1.16.